The molecule has 0 amide bonds. The standard InChI is InChI=1S/C20H25N3O/c21-14-6-7-15-23-19-12-5-4-11-18(19)22-20(23)13-8-16-24-17-9-2-1-3-10-17/h1-5,9-12H,6-8,13-16,21H2. The third-order valence-corrected chi connectivity index (χ3v) is 4.13. The Morgan fingerprint density at radius 1 is 0.917 bits per heavy atom. The second kappa shape index (κ2) is 8.50. The van der Waals surface area contributed by atoms with Crippen molar-refractivity contribution < 1.29 is 4.74 Å². The summed E-state index contributed by atoms with van der Waals surface area (Å²) in [5, 5.41) is 0. The Morgan fingerprint density at radius 2 is 1.71 bits per heavy atom. The first-order valence-corrected chi connectivity index (χ1v) is 8.70. The number of fused-ring (bicyclic) bond motifs is 1. The summed E-state index contributed by atoms with van der Waals surface area (Å²) >= 11 is 0. The molecule has 2 aromatic carbocycles. The number of rotatable bonds is 9. The maximum atomic E-state index is 5.79. The Bertz CT molecular complexity index is 752. The molecule has 3 rings (SSSR count). The van der Waals surface area contributed by atoms with Crippen LogP contribution in [-0.2, 0) is 13.0 Å². The van der Waals surface area contributed by atoms with Gasteiger partial charge in [-0.2, -0.15) is 0 Å². The van der Waals surface area contributed by atoms with Crippen LogP contribution in [0.5, 0.6) is 5.75 Å². The number of aryl methyl sites for hydroxylation is 2. The SMILES string of the molecule is NCCCCn1c(CCCOc2ccccc2)nc2ccccc21. The maximum Gasteiger partial charge on any atom is 0.119 e. The van der Waals surface area contributed by atoms with Crippen molar-refractivity contribution in [2.45, 2.75) is 32.2 Å². The molecule has 1 aromatic heterocycles. The molecule has 4 nitrogen and oxygen atoms in total. The van der Waals surface area contributed by atoms with Gasteiger partial charge in [0.2, 0.25) is 0 Å². The minimum atomic E-state index is 0.704. The molecule has 0 bridgehead atoms. The summed E-state index contributed by atoms with van der Waals surface area (Å²) in [5.74, 6) is 2.07. The molecule has 126 valence electrons. The van der Waals surface area contributed by atoms with E-state index in [4.69, 9.17) is 15.5 Å². The second-order valence-corrected chi connectivity index (χ2v) is 5.93. The van der Waals surface area contributed by atoms with E-state index in [0.717, 1.165) is 55.9 Å². The summed E-state index contributed by atoms with van der Waals surface area (Å²) in [6.07, 6.45) is 4.01. The van der Waals surface area contributed by atoms with E-state index in [2.05, 4.69) is 22.8 Å². The van der Waals surface area contributed by atoms with E-state index in [1.807, 2.05) is 36.4 Å². The van der Waals surface area contributed by atoms with Gasteiger partial charge in [-0.05, 0) is 50.1 Å². The highest BCUT2D eigenvalue weighted by Crippen LogP contribution is 2.18. The van der Waals surface area contributed by atoms with E-state index in [9.17, 15) is 0 Å². The van der Waals surface area contributed by atoms with E-state index in [1.54, 1.807) is 0 Å². The van der Waals surface area contributed by atoms with Crippen LogP contribution in [0.25, 0.3) is 11.0 Å². The number of para-hydroxylation sites is 3. The molecule has 0 spiro atoms. The Labute approximate surface area is 143 Å². The van der Waals surface area contributed by atoms with Crippen LogP contribution in [0, 0.1) is 0 Å². The number of hydrogen-bond acceptors (Lipinski definition) is 3. The van der Waals surface area contributed by atoms with Gasteiger partial charge in [0.05, 0.1) is 17.6 Å². The monoisotopic (exact) mass is 323 g/mol. The highest BCUT2D eigenvalue weighted by Gasteiger charge is 2.09. The maximum absolute atomic E-state index is 5.79. The zero-order valence-corrected chi connectivity index (χ0v) is 14.0. The summed E-state index contributed by atoms with van der Waals surface area (Å²) in [4.78, 5) is 4.81. The number of benzene rings is 2. The smallest absolute Gasteiger partial charge is 0.119 e. The van der Waals surface area contributed by atoms with Gasteiger partial charge in [-0.1, -0.05) is 30.3 Å². The third-order valence-electron chi connectivity index (χ3n) is 4.13. The molecule has 0 aliphatic carbocycles. The number of nitrogens with zero attached hydrogens (tertiary/aromatic N) is 2. The molecule has 3 aromatic rings. The van der Waals surface area contributed by atoms with Crippen LogP contribution in [0.2, 0.25) is 0 Å². The number of unbranched alkanes of at least 4 members (excludes halogenated alkanes) is 1. The summed E-state index contributed by atoms with van der Waals surface area (Å²) in [6, 6.07) is 18.3. The fourth-order valence-corrected chi connectivity index (χ4v) is 2.92. The van der Waals surface area contributed by atoms with Gasteiger partial charge in [-0.25, -0.2) is 4.98 Å². The van der Waals surface area contributed by atoms with Crippen LogP contribution in [0.3, 0.4) is 0 Å². The first-order valence-electron chi connectivity index (χ1n) is 8.70. The van der Waals surface area contributed by atoms with Gasteiger partial charge in [-0.3, -0.25) is 0 Å². The van der Waals surface area contributed by atoms with Crippen LogP contribution in [0.4, 0.5) is 0 Å². The number of hydrogen-bond donors (Lipinski definition) is 1. The predicted octanol–water partition coefficient (Wildman–Crippen LogP) is 3.79. The number of aromatic nitrogens is 2. The summed E-state index contributed by atoms with van der Waals surface area (Å²) in [5.41, 5.74) is 7.92. The van der Waals surface area contributed by atoms with Crippen molar-refractivity contribution in [2.24, 2.45) is 5.73 Å². The number of nitrogens with two attached hydrogens (primary N) is 1. The molecule has 0 fully saturated rings. The Hall–Kier alpha value is -2.33. The van der Waals surface area contributed by atoms with Crippen LogP contribution in [0.1, 0.15) is 25.1 Å². The van der Waals surface area contributed by atoms with Crippen LogP contribution >= 0.6 is 0 Å². The molecule has 0 aliphatic heterocycles. The number of ether oxygens (including phenoxy) is 1. The Morgan fingerprint density at radius 3 is 2.54 bits per heavy atom. The first-order chi connectivity index (χ1) is 11.9. The molecular weight excluding hydrogens is 298 g/mol. The van der Waals surface area contributed by atoms with Gasteiger partial charge in [0, 0.05) is 13.0 Å². The van der Waals surface area contributed by atoms with Crippen molar-refractivity contribution >= 4 is 11.0 Å². The zero-order valence-electron chi connectivity index (χ0n) is 14.0. The van der Waals surface area contributed by atoms with E-state index in [-0.39, 0.29) is 0 Å². The van der Waals surface area contributed by atoms with Crippen molar-refractivity contribution in [2.75, 3.05) is 13.2 Å². The molecule has 0 saturated carbocycles. The highest BCUT2D eigenvalue weighted by molar-refractivity contribution is 5.75. The lowest BCUT2D eigenvalue weighted by Crippen LogP contribution is -2.08. The lowest BCUT2D eigenvalue weighted by atomic mass is 10.2. The van der Waals surface area contributed by atoms with Gasteiger partial charge in [-0.15, -0.1) is 0 Å². The summed E-state index contributed by atoms with van der Waals surface area (Å²) in [7, 11) is 0. The highest BCUT2D eigenvalue weighted by atomic mass is 16.5. The quantitative estimate of drug-likeness (QED) is 0.610. The fourth-order valence-electron chi connectivity index (χ4n) is 2.92. The van der Waals surface area contributed by atoms with Crippen LogP contribution in [0.15, 0.2) is 54.6 Å². The molecule has 24 heavy (non-hydrogen) atoms. The molecule has 0 radical (unpaired) electrons. The van der Waals surface area contributed by atoms with E-state index in [1.165, 1.54) is 5.52 Å². The zero-order chi connectivity index (χ0) is 16.6. The Kier molecular flexibility index (Phi) is 5.85. The lowest BCUT2D eigenvalue weighted by molar-refractivity contribution is 0.309. The average Bonchev–Trinajstić information content (AvgIpc) is 2.98. The van der Waals surface area contributed by atoms with Crippen molar-refractivity contribution in [1.82, 2.24) is 9.55 Å². The van der Waals surface area contributed by atoms with Crippen LogP contribution < -0.4 is 10.5 Å². The topological polar surface area (TPSA) is 53.1 Å². The first kappa shape index (κ1) is 16.5. The van der Waals surface area contributed by atoms with E-state index >= 15 is 0 Å². The van der Waals surface area contributed by atoms with E-state index in [0.29, 0.717) is 6.61 Å². The summed E-state index contributed by atoms with van der Waals surface area (Å²) in [6.45, 7) is 2.43. The molecule has 1 heterocycles. The van der Waals surface area contributed by atoms with Gasteiger partial charge >= 0.3 is 0 Å². The molecule has 0 unspecified atom stereocenters. The largest absolute Gasteiger partial charge is 0.494 e. The normalized spacial score (nSPS) is 11.0. The minimum absolute atomic E-state index is 0.704. The van der Waals surface area contributed by atoms with E-state index < -0.39 is 0 Å². The molecule has 0 atom stereocenters. The minimum Gasteiger partial charge on any atom is -0.494 e. The molecular formula is C20H25N3O. The van der Waals surface area contributed by atoms with Crippen molar-refractivity contribution in [3.63, 3.8) is 0 Å². The molecule has 0 saturated heterocycles. The molecule has 0 aliphatic rings. The van der Waals surface area contributed by atoms with Gasteiger partial charge in [0.1, 0.15) is 11.6 Å². The molecule has 4 heteroatoms. The van der Waals surface area contributed by atoms with Crippen molar-refractivity contribution in [1.29, 1.82) is 0 Å². The van der Waals surface area contributed by atoms with Gasteiger partial charge in [0.15, 0.2) is 0 Å². The molecule has 2 N–H and O–H groups in total. The van der Waals surface area contributed by atoms with Crippen LogP contribution in [-0.4, -0.2) is 22.7 Å². The van der Waals surface area contributed by atoms with Gasteiger partial charge < -0.3 is 15.0 Å². The predicted molar refractivity (Wildman–Crippen MR) is 98.3 cm³/mol. The number of imidazole rings is 1. The summed E-state index contributed by atoms with van der Waals surface area (Å²) < 4.78 is 8.13. The Balaban J connectivity index is 1.63. The van der Waals surface area contributed by atoms with Crippen molar-refractivity contribution in [3.05, 3.63) is 60.4 Å². The second-order valence-electron chi connectivity index (χ2n) is 5.93. The van der Waals surface area contributed by atoms with Crippen molar-refractivity contribution in [3.8, 4) is 5.75 Å². The third kappa shape index (κ3) is 4.15. The average molecular weight is 323 g/mol. The fraction of sp³-hybridized carbons (Fsp3) is 0.350. The lowest BCUT2D eigenvalue weighted by Gasteiger charge is -2.09. The van der Waals surface area contributed by atoms with Gasteiger partial charge in [0.25, 0.3) is 0 Å².